The highest BCUT2D eigenvalue weighted by molar-refractivity contribution is 8.23. The van der Waals surface area contributed by atoms with Crippen LogP contribution in [0.25, 0.3) is 0 Å². The van der Waals surface area contributed by atoms with Crippen molar-refractivity contribution in [1.82, 2.24) is 5.01 Å². The zero-order valence-electron chi connectivity index (χ0n) is 9.12. The van der Waals surface area contributed by atoms with Crippen molar-refractivity contribution < 1.29 is 9.53 Å². The van der Waals surface area contributed by atoms with Crippen LogP contribution in [0.3, 0.4) is 0 Å². The van der Waals surface area contributed by atoms with Gasteiger partial charge < -0.3 is 4.74 Å². The number of benzene rings is 1. The molecule has 4 nitrogen and oxygen atoms in total. The number of hydrogen-bond acceptors (Lipinski definition) is 5. The van der Waals surface area contributed by atoms with E-state index in [1.807, 2.05) is 24.3 Å². The van der Waals surface area contributed by atoms with Crippen LogP contribution < -0.4 is 4.74 Å². The number of carbonyl (C=O) groups excluding carboxylic acids is 1. The van der Waals surface area contributed by atoms with E-state index >= 15 is 0 Å². The molecule has 0 bridgehead atoms. The van der Waals surface area contributed by atoms with Crippen molar-refractivity contribution in [2.75, 3.05) is 12.9 Å². The summed E-state index contributed by atoms with van der Waals surface area (Å²) in [4.78, 5) is 11.4. The van der Waals surface area contributed by atoms with Gasteiger partial charge in [0.1, 0.15) is 5.75 Å². The number of methoxy groups -OCH3 is 1. The molecular formula is C11H10N2O2S2. The Morgan fingerprint density at radius 2 is 2.29 bits per heavy atom. The van der Waals surface area contributed by atoms with Gasteiger partial charge in [0.2, 0.25) is 0 Å². The molecule has 0 aromatic heterocycles. The molecule has 1 aliphatic heterocycles. The fourth-order valence-corrected chi connectivity index (χ4v) is 2.32. The van der Waals surface area contributed by atoms with Gasteiger partial charge in [-0.05, 0) is 12.1 Å². The van der Waals surface area contributed by atoms with Crippen LogP contribution in [0.5, 0.6) is 5.75 Å². The third-order valence-electron chi connectivity index (χ3n) is 2.18. The molecule has 0 unspecified atom stereocenters. The largest absolute Gasteiger partial charge is 0.496 e. The summed E-state index contributed by atoms with van der Waals surface area (Å²) in [5, 5.41) is 5.32. The van der Waals surface area contributed by atoms with Crippen molar-refractivity contribution in [2.45, 2.75) is 0 Å². The van der Waals surface area contributed by atoms with Gasteiger partial charge in [0.25, 0.3) is 5.91 Å². The zero-order valence-corrected chi connectivity index (χ0v) is 10.8. The molecule has 1 heterocycles. The van der Waals surface area contributed by atoms with Gasteiger partial charge >= 0.3 is 0 Å². The second-order valence-corrected chi connectivity index (χ2v) is 4.86. The highest BCUT2D eigenvalue weighted by Gasteiger charge is 2.25. The van der Waals surface area contributed by atoms with Crippen LogP contribution in [0.1, 0.15) is 5.56 Å². The van der Waals surface area contributed by atoms with Crippen molar-refractivity contribution in [3.63, 3.8) is 0 Å². The Balaban J connectivity index is 2.20. The molecule has 1 fully saturated rings. The lowest BCUT2D eigenvalue weighted by atomic mass is 10.2. The minimum absolute atomic E-state index is 0.0915. The molecule has 1 aromatic rings. The first-order valence-corrected chi connectivity index (χ1v) is 6.28. The van der Waals surface area contributed by atoms with E-state index in [9.17, 15) is 4.79 Å². The van der Waals surface area contributed by atoms with Gasteiger partial charge in [0, 0.05) is 5.56 Å². The molecule has 1 aliphatic rings. The maximum absolute atomic E-state index is 11.4. The van der Waals surface area contributed by atoms with Crippen LogP contribution >= 0.6 is 24.0 Å². The number of nitrogens with zero attached hydrogens (tertiary/aromatic N) is 2. The van der Waals surface area contributed by atoms with E-state index in [4.69, 9.17) is 17.0 Å². The van der Waals surface area contributed by atoms with E-state index in [2.05, 4.69) is 5.10 Å². The van der Waals surface area contributed by atoms with Crippen molar-refractivity contribution in [1.29, 1.82) is 0 Å². The second kappa shape index (κ2) is 5.29. The number of hydrogen-bond donors (Lipinski definition) is 0. The van der Waals surface area contributed by atoms with Gasteiger partial charge in [0.05, 0.1) is 19.1 Å². The quantitative estimate of drug-likeness (QED) is 0.619. The van der Waals surface area contributed by atoms with Gasteiger partial charge in [-0.1, -0.05) is 36.1 Å². The smallest absolute Gasteiger partial charge is 0.259 e. The molecule has 2 rings (SSSR count). The Kier molecular flexibility index (Phi) is 3.75. The molecule has 0 saturated carbocycles. The fourth-order valence-electron chi connectivity index (χ4n) is 1.35. The van der Waals surface area contributed by atoms with E-state index in [-0.39, 0.29) is 5.91 Å². The molecule has 0 aliphatic carbocycles. The first-order chi connectivity index (χ1) is 8.22. The molecule has 1 saturated heterocycles. The number of para-hydroxylation sites is 1. The van der Waals surface area contributed by atoms with Gasteiger partial charge in [0.15, 0.2) is 4.32 Å². The molecule has 0 atom stereocenters. The van der Waals surface area contributed by atoms with Crippen LogP contribution in [0.15, 0.2) is 29.4 Å². The number of rotatable bonds is 3. The molecule has 6 heteroatoms. The standard InChI is InChI=1S/C11H10N2O2S2/c1-15-9-5-3-2-4-8(9)6-12-13-10(14)7-17-11(13)16/h2-6H,7H2,1H3/b12-6-. The number of hydrazone groups is 1. The molecule has 1 amide bonds. The van der Waals surface area contributed by atoms with Crippen LogP contribution in [-0.2, 0) is 4.79 Å². The minimum atomic E-state index is -0.0915. The van der Waals surface area contributed by atoms with Crippen LogP contribution in [0, 0.1) is 0 Å². The van der Waals surface area contributed by atoms with Crippen molar-refractivity contribution >= 4 is 40.4 Å². The summed E-state index contributed by atoms with van der Waals surface area (Å²) in [5.41, 5.74) is 0.808. The zero-order chi connectivity index (χ0) is 12.3. The Morgan fingerprint density at radius 1 is 1.53 bits per heavy atom. The Morgan fingerprint density at radius 3 is 2.94 bits per heavy atom. The molecule has 0 spiro atoms. The van der Waals surface area contributed by atoms with Crippen molar-refractivity contribution in [3.8, 4) is 5.75 Å². The number of thioether (sulfide) groups is 1. The van der Waals surface area contributed by atoms with E-state index < -0.39 is 0 Å². The SMILES string of the molecule is COc1ccccc1/C=N\N1C(=O)CSC1=S. The number of carbonyl (C=O) groups is 1. The molecule has 1 aromatic carbocycles. The number of ether oxygens (including phenoxy) is 1. The summed E-state index contributed by atoms with van der Waals surface area (Å²) in [6, 6.07) is 7.44. The van der Waals surface area contributed by atoms with Gasteiger partial charge in [-0.3, -0.25) is 4.79 Å². The molecule has 0 N–H and O–H groups in total. The number of amides is 1. The summed E-state index contributed by atoms with van der Waals surface area (Å²) >= 11 is 6.34. The monoisotopic (exact) mass is 266 g/mol. The second-order valence-electron chi connectivity index (χ2n) is 3.25. The summed E-state index contributed by atoms with van der Waals surface area (Å²) in [6.45, 7) is 0. The van der Waals surface area contributed by atoms with Crippen molar-refractivity contribution in [2.24, 2.45) is 5.10 Å². The number of thiocarbonyl (C=S) groups is 1. The van der Waals surface area contributed by atoms with Crippen LogP contribution in [0.2, 0.25) is 0 Å². The van der Waals surface area contributed by atoms with Crippen LogP contribution in [0.4, 0.5) is 0 Å². The lowest BCUT2D eigenvalue weighted by Crippen LogP contribution is -2.22. The predicted octanol–water partition coefficient (Wildman–Crippen LogP) is 1.89. The maximum Gasteiger partial charge on any atom is 0.259 e. The molecule has 17 heavy (non-hydrogen) atoms. The lowest BCUT2D eigenvalue weighted by molar-refractivity contribution is -0.123. The van der Waals surface area contributed by atoms with Gasteiger partial charge in [-0.15, -0.1) is 0 Å². The predicted molar refractivity (Wildman–Crippen MR) is 72.5 cm³/mol. The highest BCUT2D eigenvalue weighted by Crippen LogP contribution is 2.20. The molecule has 88 valence electrons. The normalized spacial score (nSPS) is 15.9. The van der Waals surface area contributed by atoms with Crippen LogP contribution in [-0.4, -0.2) is 34.3 Å². The van der Waals surface area contributed by atoms with Gasteiger partial charge in [-0.25, -0.2) is 0 Å². The summed E-state index contributed by atoms with van der Waals surface area (Å²) in [7, 11) is 1.59. The minimum Gasteiger partial charge on any atom is -0.496 e. The first-order valence-electron chi connectivity index (χ1n) is 4.89. The van der Waals surface area contributed by atoms with Gasteiger partial charge in [-0.2, -0.15) is 10.1 Å². The summed E-state index contributed by atoms with van der Waals surface area (Å²) in [6.07, 6.45) is 1.58. The average Bonchev–Trinajstić information content (AvgIpc) is 2.67. The topological polar surface area (TPSA) is 41.9 Å². The average molecular weight is 266 g/mol. The third kappa shape index (κ3) is 2.65. The highest BCUT2D eigenvalue weighted by atomic mass is 32.2. The third-order valence-corrected chi connectivity index (χ3v) is 3.52. The molecular weight excluding hydrogens is 256 g/mol. The van der Waals surface area contributed by atoms with E-state index in [1.54, 1.807) is 13.3 Å². The first kappa shape index (κ1) is 12.1. The summed E-state index contributed by atoms with van der Waals surface area (Å²) < 4.78 is 5.67. The van der Waals surface area contributed by atoms with E-state index in [0.717, 1.165) is 5.56 Å². The Bertz CT molecular complexity index is 472. The Labute approximate surface area is 109 Å². The van der Waals surface area contributed by atoms with E-state index in [1.165, 1.54) is 16.8 Å². The van der Waals surface area contributed by atoms with Crippen molar-refractivity contribution in [3.05, 3.63) is 29.8 Å². The maximum atomic E-state index is 11.4. The van der Waals surface area contributed by atoms with E-state index in [0.29, 0.717) is 15.8 Å². The molecule has 0 radical (unpaired) electrons. The lowest BCUT2D eigenvalue weighted by Gasteiger charge is -2.07. The fraction of sp³-hybridized carbons (Fsp3) is 0.182. The summed E-state index contributed by atoms with van der Waals surface area (Å²) in [5.74, 6) is 0.981. The Hall–Kier alpha value is -1.40.